The lowest BCUT2D eigenvalue weighted by atomic mass is 9.97. The highest BCUT2D eigenvalue weighted by Crippen LogP contribution is 2.54. The molecule has 0 bridgehead atoms. The summed E-state index contributed by atoms with van der Waals surface area (Å²) >= 11 is 0. The molecule has 242 valence electrons. The third-order valence-electron chi connectivity index (χ3n) is 6.63. The van der Waals surface area contributed by atoms with E-state index in [1.54, 1.807) is 30.3 Å². The molecular weight excluding hydrogens is 615 g/mol. The molecule has 43 heavy (non-hydrogen) atoms. The summed E-state index contributed by atoms with van der Waals surface area (Å²) in [4.78, 5) is 12.3. The highest BCUT2D eigenvalue weighted by Gasteiger charge is 2.81. The van der Waals surface area contributed by atoms with Gasteiger partial charge in [0.2, 0.25) is 0 Å². The monoisotopic (exact) mass is 648 g/mol. The minimum absolute atomic E-state index is 0.00350. The molecule has 0 radical (unpaired) electrons. The van der Waals surface area contributed by atoms with E-state index in [0.717, 1.165) is 37.8 Å². The highest BCUT2D eigenvalue weighted by molar-refractivity contribution is 7.90. The van der Waals surface area contributed by atoms with Crippen molar-refractivity contribution in [2.75, 3.05) is 11.9 Å². The van der Waals surface area contributed by atoms with Crippen molar-refractivity contribution in [3.63, 3.8) is 0 Å². The van der Waals surface area contributed by atoms with Gasteiger partial charge in [0.1, 0.15) is 0 Å². The molecule has 5 nitrogen and oxygen atoms in total. The third kappa shape index (κ3) is 10.0. The van der Waals surface area contributed by atoms with Crippen LogP contribution < -0.4 is 10.0 Å². The lowest BCUT2D eigenvalue weighted by molar-refractivity contribution is -0.396. The van der Waals surface area contributed by atoms with E-state index in [4.69, 9.17) is 0 Å². The summed E-state index contributed by atoms with van der Waals surface area (Å²) < 4.78 is 142. The second-order valence-corrected chi connectivity index (χ2v) is 11.7. The quantitative estimate of drug-likeness (QED) is 0.125. The SMILES string of the molecule is O=C(NS(=O)(=O)c1ccccc1)c1ccc(NCCCCCCCCCCCC(F)(F)C(F)(F)C(F)(F)C(F)(F)F)cc1. The summed E-state index contributed by atoms with van der Waals surface area (Å²) in [7, 11) is -3.99. The van der Waals surface area contributed by atoms with Crippen LogP contribution in [0.3, 0.4) is 0 Å². The van der Waals surface area contributed by atoms with Crippen molar-refractivity contribution >= 4 is 21.6 Å². The number of anilines is 1. The number of benzene rings is 2. The third-order valence-corrected chi connectivity index (χ3v) is 7.98. The first-order valence-corrected chi connectivity index (χ1v) is 15.1. The van der Waals surface area contributed by atoms with Gasteiger partial charge < -0.3 is 5.32 Å². The fourth-order valence-corrected chi connectivity index (χ4v) is 5.08. The Kier molecular flexibility index (Phi) is 12.8. The fraction of sp³-hybridized carbons (Fsp3) is 0.536. The van der Waals surface area contributed by atoms with Crippen LogP contribution in [0.4, 0.5) is 45.2 Å². The molecule has 1 amide bonds. The Morgan fingerprint density at radius 3 is 1.63 bits per heavy atom. The molecule has 0 spiro atoms. The minimum atomic E-state index is -6.84. The Hall–Kier alpha value is -2.97. The first-order valence-electron chi connectivity index (χ1n) is 13.6. The zero-order chi connectivity index (χ0) is 32.4. The van der Waals surface area contributed by atoms with E-state index < -0.39 is 52.7 Å². The van der Waals surface area contributed by atoms with Crippen LogP contribution >= 0.6 is 0 Å². The van der Waals surface area contributed by atoms with E-state index in [-0.39, 0.29) is 16.9 Å². The summed E-state index contributed by atoms with van der Waals surface area (Å²) in [6, 6.07) is 13.7. The molecule has 0 fully saturated rings. The number of halogens is 9. The Morgan fingerprint density at radius 1 is 0.628 bits per heavy atom. The number of nitrogens with one attached hydrogen (secondary N) is 2. The van der Waals surface area contributed by atoms with Gasteiger partial charge in [-0.25, -0.2) is 13.1 Å². The molecule has 0 unspecified atom stereocenters. The van der Waals surface area contributed by atoms with Gasteiger partial charge in [-0.1, -0.05) is 63.1 Å². The second-order valence-electron chi connectivity index (χ2n) is 10.0. The average Bonchev–Trinajstić information content (AvgIpc) is 2.93. The van der Waals surface area contributed by atoms with E-state index in [0.29, 0.717) is 19.4 Å². The Morgan fingerprint density at radius 2 is 1.12 bits per heavy atom. The zero-order valence-electron chi connectivity index (χ0n) is 23.0. The van der Waals surface area contributed by atoms with Crippen molar-refractivity contribution in [3.8, 4) is 0 Å². The number of unbranched alkanes of at least 4 members (excludes halogenated alkanes) is 8. The summed E-state index contributed by atoms with van der Waals surface area (Å²) in [5.74, 6) is -19.6. The first-order chi connectivity index (χ1) is 19.9. The van der Waals surface area contributed by atoms with Crippen LogP contribution in [-0.2, 0) is 10.0 Å². The van der Waals surface area contributed by atoms with Crippen molar-refractivity contribution in [2.24, 2.45) is 0 Å². The van der Waals surface area contributed by atoms with Gasteiger partial charge in [-0.3, -0.25) is 4.79 Å². The van der Waals surface area contributed by atoms with Gasteiger partial charge in [-0.2, -0.15) is 39.5 Å². The fourth-order valence-electron chi connectivity index (χ4n) is 4.09. The molecule has 0 saturated heterocycles. The lowest BCUT2D eigenvalue weighted by Gasteiger charge is -2.33. The number of rotatable bonds is 18. The van der Waals surface area contributed by atoms with Crippen LogP contribution in [0.2, 0.25) is 0 Å². The van der Waals surface area contributed by atoms with Crippen LogP contribution in [-0.4, -0.2) is 44.8 Å². The largest absolute Gasteiger partial charge is 0.460 e. The van der Waals surface area contributed by atoms with Crippen LogP contribution in [0, 0.1) is 0 Å². The van der Waals surface area contributed by atoms with E-state index in [1.807, 2.05) is 4.72 Å². The summed E-state index contributed by atoms with van der Waals surface area (Å²) in [6.45, 7) is 0.625. The van der Waals surface area contributed by atoms with Crippen molar-refractivity contribution in [1.29, 1.82) is 0 Å². The molecule has 0 atom stereocenters. The van der Waals surface area contributed by atoms with E-state index in [9.17, 15) is 52.7 Å². The normalized spacial score (nSPS) is 13.1. The highest BCUT2D eigenvalue weighted by atomic mass is 32.2. The summed E-state index contributed by atoms with van der Waals surface area (Å²) in [6.07, 6.45) is -4.20. The standard InChI is InChI=1S/C28H33F9N2O3S/c29-25(30,26(31,32)27(33,34)28(35,36)37)19-11-6-4-2-1-3-5-7-12-20-38-22-17-15-21(16-18-22)24(40)39-43(41,42)23-13-9-8-10-14-23/h8-10,13-18,38H,1-7,11-12,19-20H2,(H,39,40). The number of hydrogen-bond acceptors (Lipinski definition) is 4. The van der Waals surface area contributed by atoms with Gasteiger partial charge in [0, 0.05) is 24.2 Å². The molecule has 0 aromatic heterocycles. The number of carbonyl (C=O) groups excluding carboxylic acids is 1. The van der Waals surface area contributed by atoms with Crippen molar-refractivity contribution in [1.82, 2.24) is 4.72 Å². The topological polar surface area (TPSA) is 75.3 Å². The Labute approximate surface area is 244 Å². The number of carbonyl (C=O) groups is 1. The van der Waals surface area contributed by atoms with Crippen LogP contribution in [0.5, 0.6) is 0 Å². The molecule has 0 aliphatic heterocycles. The Balaban J connectivity index is 1.56. The van der Waals surface area contributed by atoms with E-state index in [1.165, 1.54) is 24.3 Å². The molecule has 2 aromatic carbocycles. The number of sulfonamides is 1. The van der Waals surface area contributed by atoms with Gasteiger partial charge in [0.15, 0.2) is 0 Å². The molecule has 15 heteroatoms. The number of alkyl halides is 9. The maximum Gasteiger partial charge on any atom is 0.460 e. The van der Waals surface area contributed by atoms with Crippen molar-refractivity contribution < 1.29 is 52.7 Å². The predicted molar refractivity (Wildman–Crippen MR) is 143 cm³/mol. The molecule has 2 N–H and O–H groups in total. The molecule has 0 aliphatic carbocycles. The van der Waals surface area contributed by atoms with E-state index >= 15 is 0 Å². The van der Waals surface area contributed by atoms with Gasteiger partial charge in [-0.15, -0.1) is 0 Å². The maximum atomic E-state index is 13.5. The maximum absolute atomic E-state index is 13.5. The zero-order valence-corrected chi connectivity index (χ0v) is 23.8. The predicted octanol–water partition coefficient (Wildman–Crippen LogP) is 8.59. The minimum Gasteiger partial charge on any atom is -0.385 e. The van der Waals surface area contributed by atoms with Crippen molar-refractivity contribution in [2.45, 2.75) is 93.0 Å². The van der Waals surface area contributed by atoms with Gasteiger partial charge in [-0.05, 0) is 49.2 Å². The molecule has 2 aromatic rings. The number of amides is 1. The van der Waals surface area contributed by atoms with E-state index in [2.05, 4.69) is 5.32 Å². The molecular formula is C28H33F9N2O3S. The van der Waals surface area contributed by atoms with Gasteiger partial charge in [0.25, 0.3) is 15.9 Å². The number of hydrogen-bond donors (Lipinski definition) is 2. The van der Waals surface area contributed by atoms with Crippen LogP contribution in [0.15, 0.2) is 59.5 Å². The Bertz CT molecular complexity index is 1250. The van der Waals surface area contributed by atoms with Crippen LogP contribution in [0.25, 0.3) is 0 Å². The molecule has 0 heterocycles. The molecule has 2 rings (SSSR count). The van der Waals surface area contributed by atoms with Crippen molar-refractivity contribution in [3.05, 3.63) is 60.2 Å². The lowest BCUT2D eigenvalue weighted by Crippen LogP contribution is -2.60. The molecule has 0 saturated carbocycles. The second kappa shape index (κ2) is 15.2. The molecule has 0 aliphatic rings. The van der Waals surface area contributed by atoms with Gasteiger partial charge >= 0.3 is 23.9 Å². The van der Waals surface area contributed by atoms with Crippen LogP contribution in [0.1, 0.15) is 74.6 Å². The first kappa shape index (κ1) is 36.2. The van der Waals surface area contributed by atoms with Gasteiger partial charge in [0.05, 0.1) is 4.90 Å². The average molecular weight is 649 g/mol. The summed E-state index contributed by atoms with van der Waals surface area (Å²) in [5, 5.41) is 3.18. The summed E-state index contributed by atoms with van der Waals surface area (Å²) in [5.41, 5.74) is 0.896. The smallest absolute Gasteiger partial charge is 0.385 e.